The molecule has 9 heteroatoms. The number of aliphatic hydroxyl groups is 1. The SMILES string of the molecule is CC(C)(C)OC(=O)NC(Cc1cc(F)cc(F)c1)[C@H](O)CN[C@H]1CCOc2ccc(I)cc21. The van der Waals surface area contributed by atoms with E-state index in [1.54, 1.807) is 20.8 Å². The maximum absolute atomic E-state index is 13.7. The molecule has 0 radical (unpaired) electrons. The average Bonchev–Trinajstić information content (AvgIpc) is 2.69. The molecule has 3 atom stereocenters. The molecule has 1 heterocycles. The number of amides is 1. The van der Waals surface area contributed by atoms with Crippen LogP contribution in [-0.2, 0) is 11.2 Å². The third-order valence-electron chi connectivity index (χ3n) is 5.13. The van der Waals surface area contributed by atoms with E-state index in [1.807, 2.05) is 18.2 Å². The minimum atomic E-state index is -1.04. The molecule has 1 aliphatic rings. The predicted octanol–water partition coefficient (Wildman–Crippen LogP) is 4.48. The molecule has 3 N–H and O–H groups in total. The smallest absolute Gasteiger partial charge is 0.407 e. The van der Waals surface area contributed by atoms with Crippen molar-refractivity contribution >= 4 is 28.7 Å². The van der Waals surface area contributed by atoms with Gasteiger partial charge in [-0.25, -0.2) is 13.6 Å². The Hall–Kier alpha value is -1.98. The van der Waals surface area contributed by atoms with Crippen molar-refractivity contribution in [3.05, 3.63) is 62.7 Å². The lowest BCUT2D eigenvalue weighted by Crippen LogP contribution is -2.50. The highest BCUT2D eigenvalue weighted by molar-refractivity contribution is 14.1. The number of rotatable bonds is 7. The highest BCUT2D eigenvalue weighted by Crippen LogP contribution is 2.33. The van der Waals surface area contributed by atoms with Crippen LogP contribution in [-0.4, -0.2) is 42.1 Å². The van der Waals surface area contributed by atoms with E-state index in [1.165, 1.54) is 12.1 Å². The summed E-state index contributed by atoms with van der Waals surface area (Å²) in [5, 5.41) is 16.9. The monoisotopic (exact) mass is 574 g/mol. The van der Waals surface area contributed by atoms with Crippen molar-refractivity contribution in [2.45, 2.75) is 57.4 Å². The molecule has 1 amide bonds. The molecular formula is C24H29F2IN2O4. The lowest BCUT2D eigenvalue weighted by Gasteiger charge is -2.30. The number of hydrogen-bond donors (Lipinski definition) is 3. The summed E-state index contributed by atoms with van der Waals surface area (Å²) in [5.74, 6) is -0.642. The number of ether oxygens (including phenoxy) is 2. The van der Waals surface area contributed by atoms with E-state index in [4.69, 9.17) is 9.47 Å². The second-order valence-electron chi connectivity index (χ2n) is 9.08. The van der Waals surface area contributed by atoms with Crippen LogP contribution in [0, 0.1) is 15.2 Å². The molecule has 0 spiro atoms. The maximum Gasteiger partial charge on any atom is 0.407 e. The first-order chi connectivity index (χ1) is 15.5. The van der Waals surface area contributed by atoms with Crippen LogP contribution in [0.25, 0.3) is 0 Å². The Bertz CT molecular complexity index is 963. The van der Waals surface area contributed by atoms with E-state index in [0.29, 0.717) is 12.2 Å². The van der Waals surface area contributed by atoms with Crippen molar-refractivity contribution in [3.63, 3.8) is 0 Å². The van der Waals surface area contributed by atoms with Gasteiger partial charge in [0.1, 0.15) is 23.0 Å². The number of aliphatic hydroxyl groups excluding tert-OH is 1. The fraction of sp³-hybridized carbons (Fsp3) is 0.458. The van der Waals surface area contributed by atoms with Crippen molar-refractivity contribution in [3.8, 4) is 5.75 Å². The lowest BCUT2D eigenvalue weighted by atomic mass is 9.98. The molecule has 33 heavy (non-hydrogen) atoms. The van der Waals surface area contributed by atoms with Gasteiger partial charge in [-0.3, -0.25) is 0 Å². The molecular weight excluding hydrogens is 545 g/mol. The molecule has 0 saturated carbocycles. The summed E-state index contributed by atoms with van der Waals surface area (Å²) in [4.78, 5) is 12.4. The van der Waals surface area contributed by atoms with Gasteiger partial charge in [0.15, 0.2) is 0 Å². The molecule has 3 rings (SSSR count). The highest BCUT2D eigenvalue weighted by atomic mass is 127. The molecule has 0 aromatic heterocycles. The van der Waals surface area contributed by atoms with E-state index in [-0.39, 0.29) is 19.0 Å². The second kappa shape index (κ2) is 11.0. The van der Waals surface area contributed by atoms with Gasteiger partial charge in [0.05, 0.1) is 18.8 Å². The zero-order valence-electron chi connectivity index (χ0n) is 18.8. The number of halogens is 3. The minimum Gasteiger partial charge on any atom is -0.493 e. The molecule has 0 aliphatic carbocycles. The summed E-state index contributed by atoms with van der Waals surface area (Å²) in [5.41, 5.74) is 0.592. The number of alkyl carbamates (subject to hydrolysis) is 1. The molecule has 6 nitrogen and oxygen atoms in total. The van der Waals surface area contributed by atoms with E-state index in [0.717, 1.165) is 27.4 Å². The summed E-state index contributed by atoms with van der Waals surface area (Å²) in [7, 11) is 0. The Morgan fingerprint density at radius 1 is 1.24 bits per heavy atom. The first kappa shape index (κ1) is 25.6. The number of hydrogen-bond acceptors (Lipinski definition) is 5. The summed E-state index contributed by atoms with van der Waals surface area (Å²) in [6, 6.07) is 8.21. The minimum absolute atomic E-state index is 0.0268. The van der Waals surface area contributed by atoms with Crippen molar-refractivity contribution in [2.24, 2.45) is 0 Å². The Labute approximate surface area is 206 Å². The van der Waals surface area contributed by atoms with Crippen molar-refractivity contribution in [1.29, 1.82) is 0 Å². The zero-order valence-corrected chi connectivity index (χ0v) is 21.0. The Morgan fingerprint density at radius 3 is 2.61 bits per heavy atom. The molecule has 2 aromatic carbocycles. The van der Waals surface area contributed by atoms with Gasteiger partial charge < -0.3 is 25.2 Å². The van der Waals surface area contributed by atoms with Gasteiger partial charge in [-0.05, 0) is 85.7 Å². The van der Waals surface area contributed by atoms with Gasteiger partial charge in [0.25, 0.3) is 0 Å². The number of benzene rings is 2. The van der Waals surface area contributed by atoms with E-state index >= 15 is 0 Å². The van der Waals surface area contributed by atoms with Crippen LogP contribution in [0.2, 0.25) is 0 Å². The summed E-state index contributed by atoms with van der Waals surface area (Å²) >= 11 is 2.23. The Morgan fingerprint density at radius 2 is 1.94 bits per heavy atom. The van der Waals surface area contributed by atoms with E-state index in [2.05, 4.69) is 33.2 Å². The van der Waals surface area contributed by atoms with Gasteiger partial charge in [0.2, 0.25) is 0 Å². The number of nitrogens with one attached hydrogen (secondary N) is 2. The lowest BCUT2D eigenvalue weighted by molar-refractivity contribution is 0.0418. The number of carbonyl (C=O) groups excluding carboxylic acids is 1. The van der Waals surface area contributed by atoms with Crippen molar-refractivity contribution in [1.82, 2.24) is 10.6 Å². The van der Waals surface area contributed by atoms with Crippen LogP contribution in [0.1, 0.15) is 44.4 Å². The quantitative estimate of drug-likeness (QED) is 0.426. The third kappa shape index (κ3) is 7.79. The average molecular weight is 574 g/mol. The topological polar surface area (TPSA) is 79.8 Å². The first-order valence-electron chi connectivity index (χ1n) is 10.8. The maximum atomic E-state index is 13.7. The first-order valence-corrected chi connectivity index (χ1v) is 11.9. The molecule has 180 valence electrons. The number of carbonyl (C=O) groups is 1. The van der Waals surface area contributed by atoms with E-state index < -0.39 is 35.5 Å². The van der Waals surface area contributed by atoms with Crippen molar-refractivity contribution < 1.29 is 28.2 Å². The van der Waals surface area contributed by atoms with Gasteiger partial charge >= 0.3 is 6.09 Å². The molecule has 1 unspecified atom stereocenters. The molecule has 1 aliphatic heterocycles. The molecule has 0 saturated heterocycles. The fourth-order valence-corrected chi connectivity index (χ4v) is 4.22. The van der Waals surface area contributed by atoms with E-state index in [9.17, 15) is 18.7 Å². The van der Waals surface area contributed by atoms with Crippen LogP contribution < -0.4 is 15.4 Å². The standard InChI is InChI=1S/C24H29F2IN2O4/c1-24(2,3)33-23(31)29-20(10-14-8-15(25)11-16(26)9-14)21(30)13-28-19-6-7-32-22-5-4-17(27)12-18(19)22/h4-5,8-9,11-12,19-21,28,30H,6-7,10,13H2,1-3H3,(H,29,31)/t19-,20?,21+/m0/s1. The number of fused-ring (bicyclic) bond motifs is 1. The Balaban J connectivity index is 1.72. The van der Waals surface area contributed by atoms with Crippen LogP contribution in [0.4, 0.5) is 13.6 Å². The normalized spacial score (nSPS) is 17.5. The predicted molar refractivity (Wildman–Crippen MR) is 129 cm³/mol. The zero-order chi connectivity index (χ0) is 24.2. The fourth-order valence-electron chi connectivity index (χ4n) is 3.71. The van der Waals surface area contributed by atoms with Crippen LogP contribution in [0.3, 0.4) is 0 Å². The third-order valence-corrected chi connectivity index (χ3v) is 5.80. The Kier molecular flexibility index (Phi) is 8.52. The van der Waals surface area contributed by atoms with Crippen LogP contribution in [0.5, 0.6) is 5.75 Å². The van der Waals surface area contributed by atoms with Gasteiger partial charge in [-0.15, -0.1) is 0 Å². The summed E-state index contributed by atoms with van der Waals surface area (Å²) < 4.78 is 39.5. The van der Waals surface area contributed by atoms with Crippen LogP contribution in [0.15, 0.2) is 36.4 Å². The summed E-state index contributed by atoms with van der Waals surface area (Å²) in [6.07, 6.45) is -1.01. The largest absolute Gasteiger partial charge is 0.493 e. The molecule has 0 bridgehead atoms. The molecule has 0 fully saturated rings. The highest BCUT2D eigenvalue weighted by Gasteiger charge is 2.28. The molecule has 2 aromatic rings. The van der Waals surface area contributed by atoms with Gasteiger partial charge in [0, 0.05) is 34.2 Å². The van der Waals surface area contributed by atoms with Crippen LogP contribution >= 0.6 is 22.6 Å². The van der Waals surface area contributed by atoms with Gasteiger partial charge in [-0.1, -0.05) is 0 Å². The van der Waals surface area contributed by atoms with Gasteiger partial charge in [-0.2, -0.15) is 0 Å². The van der Waals surface area contributed by atoms with Crippen molar-refractivity contribution in [2.75, 3.05) is 13.2 Å². The summed E-state index contributed by atoms with van der Waals surface area (Å²) in [6.45, 7) is 5.87. The second-order valence-corrected chi connectivity index (χ2v) is 10.3.